The van der Waals surface area contributed by atoms with Crippen LogP contribution in [0.1, 0.15) is 13.3 Å². The Morgan fingerprint density at radius 1 is 1.46 bits per heavy atom. The van der Waals surface area contributed by atoms with Crippen molar-refractivity contribution in [3.63, 3.8) is 0 Å². The van der Waals surface area contributed by atoms with E-state index >= 15 is 0 Å². The van der Waals surface area contributed by atoms with Crippen LogP contribution in [0.5, 0.6) is 0 Å². The van der Waals surface area contributed by atoms with Gasteiger partial charge in [-0.2, -0.15) is 0 Å². The van der Waals surface area contributed by atoms with Crippen LogP contribution in [-0.4, -0.2) is 68.1 Å². The van der Waals surface area contributed by atoms with Gasteiger partial charge >= 0.3 is 0 Å². The maximum Gasteiger partial charge on any atom is 0.243 e. The lowest BCUT2D eigenvalue weighted by Gasteiger charge is -2.20. The minimum atomic E-state index is -0.0297. The number of nitrogens with zero attached hydrogens (tertiary/aromatic N) is 4. The number of rotatable bonds is 6. The molecule has 0 spiro atoms. The van der Waals surface area contributed by atoms with Gasteiger partial charge in [0.2, 0.25) is 5.91 Å². The van der Waals surface area contributed by atoms with E-state index in [1.807, 2.05) is 31.3 Å². The van der Waals surface area contributed by atoms with Crippen molar-refractivity contribution in [2.24, 2.45) is 4.99 Å². The molecule has 1 fully saturated rings. The second-order valence-corrected chi connectivity index (χ2v) is 6.53. The average molecular weight is 472 g/mol. The zero-order valence-electron chi connectivity index (χ0n) is 15.7. The molecule has 1 unspecified atom stereocenters. The number of halogens is 1. The van der Waals surface area contributed by atoms with Crippen LogP contribution in [0.3, 0.4) is 0 Å². The molecule has 0 aliphatic carbocycles. The summed E-state index contributed by atoms with van der Waals surface area (Å²) in [5, 5.41) is 6.65. The summed E-state index contributed by atoms with van der Waals surface area (Å²) in [5.74, 6) is 1.60. The molecule has 1 aromatic heterocycles. The molecular formula is C18H29IN6O. The Balaban J connectivity index is 0.00000338. The highest BCUT2D eigenvalue weighted by atomic mass is 127. The molecule has 2 rings (SSSR count). The highest BCUT2D eigenvalue weighted by Crippen LogP contribution is 2.17. The number of aromatic nitrogens is 1. The van der Waals surface area contributed by atoms with E-state index in [1.54, 1.807) is 14.1 Å². The fraction of sp³-hybridized carbons (Fsp3) is 0.500. The first-order chi connectivity index (χ1) is 12.0. The number of pyridine rings is 1. The molecule has 0 saturated carbocycles. The summed E-state index contributed by atoms with van der Waals surface area (Å²) >= 11 is 0. The summed E-state index contributed by atoms with van der Waals surface area (Å²) in [4.78, 5) is 24.4. The molecule has 8 heteroatoms. The molecule has 2 heterocycles. The zero-order chi connectivity index (χ0) is 18.2. The van der Waals surface area contributed by atoms with Crippen LogP contribution in [-0.2, 0) is 4.79 Å². The van der Waals surface area contributed by atoms with Crippen LogP contribution in [0.2, 0.25) is 0 Å². The highest BCUT2D eigenvalue weighted by Gasteiger charge is 2.24. The Labute approximate surface area is 173 Å². The number of likely N-dealkylation sites (N-methyl/N-ethyl adjacent to an activating group) is 1. The van der Waals surface area contributed by atoms with E-state index in [0.717, 1.165) is 30.9 Å². The summed E-state index contributed by atoms with van der Waals surface area (Å²) < 4.78 is 0. The van der Waals surface area contributed by atoms with Crippen molar-refractivity contribution < 1.29 is 4.79 Å². The molecule has 1 amide bonds. The summed E-state index contributed by atoms with van der Waals surface area (Å²) in [5.41, 5.74) is 1.01. The van der Waals surface area contributed by atoms with Crippen LogP contribution in [0, 0.1) is 0 Å². The molecule has 1 atom stereocenters. The Morgan fingerprint density at radius 3 is 2.85 bits per heavy atom. The minimum absolute atomic E-state index is 0. The van der Waals surface area contributed by atoms with E-state index in [2.05, 4.69) is 32.1 Å². The van der Waals surface area contributed by atoms with Gasteiger partial charge < -0.3 is 20.4 Å². The molecule has 2 N–H and O–H groups in total. The number of guanidine groups is 1. The van der Waals surface area contributed by atoms with Crippen molar-refractivity contribution >= 4 is 41.7 Å². The van der Waals surface area contributed by atoms with E-state index < -0.39 is 0 Å². The van der Waals surface area contributed by atoms with Crippen LogP contribution in [0.4, 0.5) is 5.82 Å². The molecule has 144 valence electrons. The lowest BCUT2D eigenvalue weighted by atomic mass is 10.3. The summed E-state index contributed by atoms with van der Waals surface area (Å²) in [6.07, 6.45) is 2.80. The third kappa shape index (κ3) is 7.19. The number of anilines is 1. The molecule has 1 aliphatic heterocycles. The van der Waals surface area contributed by atoms with Crippen molar-refractivity contribution in [3.8, 4) is 0 Å². The Hall–Kier alpha value is -1.84. The van der Waals surface area contributed by atoms with Crippen molar-refractivity contribution in [3.05, 3.63) is 36.5 Å². The fourth-order valence-corrected chi connectivity index (χ4v) is 2.50. The van der Waals surface area contributed by atoms with E-state index in [9.17, 15) is 4.79 Å². The molecule has 0 radical (unpaired) electrons. The van der Waals surface area contributed by atoms with Crippen molar-refractivity contribution in [1.29, 1.82) is 0 Å². The predicted molar refractivity (Wildman–Crippen MR) is 117 cm³/mol. The zero-order valence-corrected chi connectivity index (χ0v) is 18.1. The van der Waals surface area contributed by atoms with Crippen LogP contribution >= 0.6 is 24.0 Å². The number of amides is 1. The van der Waals surface area contributed by atoms with Gasteiger partial charge in [-0.25, -0.2) is 9.98 Å². The Morgan fingerprint density at radius 2 is 2.23 bits per heavy atom. The van der Waals surface area contributed by atoms with Gasteiger partial charge in [0, 0.05) is 46.0 Å². The molecule has 1 aromatic rings. The number of aliphatic imine (C=N–C) groups is 1. The summed E-state index contributed by atoms with van der Waals surface area (Å²) in [6.45, 7) is 8.39. The normalized spacial score (nSPS) is 16.7. The first-order valence-electron chi connectivity index (χ1n) is 8.51. The molecule has 7 nitrogen and oxygen atoms in total. The number of hydrogen-bond acceptors (Lipinski definition) is 4. The maximum atomic E-state index is 11.8. The lowest BCUT2D eigenvalue weighted by molar-refractivity contribution is -0.127. The topological polar surface area (TPSA) is 72.9 Å². The van der Waals surface area contributed by atoms with Crippen LogP contribution in [0.15, 0.2) is 41.5 Å². The number of carbonyl (C=O) groups excluding carboxylic acids is 1. The third-order valence-corrected chi connectivity index (χ3v) is 3.93. The first kappa shape index (κ1) is 22.2. The van der Waals surface area contributed by atoms with Crippen molar-refractivity contribution in [1.82, 2.24) is 20.5 Å². The van der Waals surface area contributed by atoms with E-state index in [0.29, 0.717) is 12.5 Å². The van der Waals surface area contributed by atoms with Crippen molar-refractivity contribution in [2.75, 3.05) is 45.2 Å². The predicted octanol–water partition coefficient (Wildman–Crippen LogP) is 1.48. The minimum Gasteiger partial charge on any atom is -0.354 e. The second-order valence-electron chi connectivity index (χ2n) is 6.53. The largest absolute Gasteiger partial charge is 0.354 e. The molecular weight excluding hydrogens is 443 g/mol. The van der Waals surface area contributed by atoms with Gasteiger partial charge in [-0.3, -0.25) is 4.79 Å². The Kier molecular flexibility index (Phi) is 9.39. The second kappa shape index (κ2) is 11.0. The monoisotopic (exact) mass is 472 g/mol. The van der Waals surface area contributed by atoms with Gasteiger partial charge in [-0.15, -0.1) is 24.0 Å². The first-order valence-corrected chi connectivity index (χ1v) is 8.51. The van der Waals surface area contributed by atoms with E-state index in [-0.39, 0.29) is 42.5 Å². The van der Waals surface area contributed by atoms with Gasteiger partial charge in [0.1, 0.15) is 12.4 Å². The molecule has 1 aliphatic rings. The maximum absolute atomic E-state index is 11.8. The molecule has 0 bridgehead atoms. The fourth-order valence-electron chi connectivity index (χ4n) is 2.50. The van der Waals surface area contributed by atoms with E-state index in [1.165, 1.54) is 4.90 Å². The molecule has 26 heavy (non-hydrogen) atoms. The third-order valence-electron chi connectivity index (χ3n) is 3.93. The van der Waals surface area contributed by atoms with Crippen molar-refractivity contribution in [2.45, 2.75) is 19.4 Å². The van der Waals surface area contributed by atoms with E-state index in [4.69, 9.17) is 0 Å². The lowest BCUT2D eigenvalue weighted by Crippen LogP contribution is -2.45. The number of hydrogen-bond donors (Lipinski definition) is 2. The number of nitrogens with one attached hydrogen (secondary N) is 2. The highest BCUT2D eigenvalue weighted by molar-refractivity contribution is 14.0. The van der Waals surface area contributed by atoms with Gasteiger partial charge in [0.05, 0.1) is 0 Å². The smallest absolute Gasteiger partial charge is 0.243 e. The van der Waals surface area contributed by atoms with Gasteiger partial charge in [0.25, 0.3) is 0 Å². The molecule has 1 saturated heterocycles. The van der Waals surface area contributed by atoms with Gasteiger partial charge in [-0.05, 0) is 25.5 Å². The standard InChI is InChI=1S/C18H28N6O.HI/c1-14(2)11-20-18(21-12-17(25)23(3)4)22-15-8-10-24(13-15)16-7-5-6-9-19-16;/h5-7,9,15H,1,8,10-13H2,2-4H3,(H2,20,21,22);1H. The quantitative estimate of drug-likeness (QED) is 0.284. The van der Waals surface area contributed by atoms with Crippen LogP contribution in [0.25, 0.3) is 0 Å². The summed E-state index contributed by atoms with van der Waals surface area (Å²) in [6, 6.07) is 6.19. The SMILES string of the molecule is C=C(C)CNC(=NCC(=O)N(C)C)NC1CCN(c2ccccn2)C1.I. The summed E-state index contributed by atoms with van der Waals surface area (Å²) in [7, 11) is 3.46. The number of carbonyl (C=O) groups is 1. The van der Waals surface area contributed by atoms with Gasteiger partial charge in [-0.1, -0.05) is 18.2 Å². The van der Waals surface area contributed by atoms with Crippen LogP contribution < -0.4 is 15.5 Å². The van der Waals surface area contributed by atoms with Gasteiger partial charge in [0.15, 0.2) is 5.96 Å². The molecule has 0 aromatic carbocycles. The average Bonchev–Trinajstić information content (AvgIpc) is 3.06. The Bertz CT molecular complexity index is 619.